The van der Waals surface area contributed by atoms with Crippen LogP contribution in [0, 0.1) is 0 Å². The first-order chi connectivity index (χ1) is 14.5. The fraction of sp³-hybridized carbons (Fsp3) is 0.182. The van der Waals surface area contributed by atoms with Crippen LogP contribution in [0.3, 0.4) is 0 Å². The highest BCUT2D eigenvalue weighted by molar-refractivity contribution is 6.11. The molecule has 152 valence electrons. The molecule has 0 atom stereocenters. The molecule has 0 radical (unpaired) electrons. The Labute approximate surface area is 172 Å². The molecule has 4 N–H and O–H groups in total. The van der Waals surface area contributed by atoms with E-state index in [1.165, 1.54) is 12.1 Å². The zero-order valence-electron chi connectivity index (χ0n) is 16.4. The third-order valence-electron chi connectivity index (χ3n) is 4.91. The van der Waals surface area contributed by atoms with Gasteiger partial charge in [0.1, 0.15) is 16.9 Å². The van der Waals surface area contributed by atoms with Gasteiger partial charge in [0.25, 0.3) is 5.91 Å². The van der Waals surface area contributed by atoms with Crippen LogP contribution < -0.4 is 11.1 Å². The molecule has 2 aromatic heterocycles. The molecule has 30 heavy (non-hydrogen) atoms. The number of aromatic nitrogens is 3. The number of nitrogens with one attached hydrogen (secondary N) is 1. The summed E-state index contributed by atoms with van der Waals surface area (Å²) in [7, 11) is 0. The highest BCUT2D eigenvalue weighted by Gasteiger charge is 2.24. The molecule has 0 aliphatic heterocycles. The Hall–Kier alpha value is -3.94. The first kappa shape index (κ1) is 19.4. The van der Waals surface area contributed by atoms with Crippen molar-refractivity contribution in [1.82, 2.24) is 19.9 Å². The van der Waals surface area contributed by atoms with Crippen LogP contribution in [0.4, 0.5) is 5.82 Å². The predicted octanol–water partition coefficient (Wildman–Crippen LogP) is 3.38. The summed E-state index contributed by atoms with van der Waals surface area (Å²) in [6, 6.07) is 13.6. The van der Waals surface area contributed by atoms with Crippen LogP contribution in [0.25, 0.3) is 27.9 Å². The number of anilines is 1. The first-order valence-corrected chi connectivity index (χ1v) is 9.70. The van der Waals surface area contributed by atoms with E-state index < -0.39 is 5.97 Å². The molecule has 2 aromatic carbocycles. The number of carboxylic acid groups (broad SMARTS) is 1. The maximum absolute atomic E-state index is 12.9. The number of para-hydroxylation sites is 2. The number of unbranched alkanes of at least 4 members (excludes halogenated alkanes) is 1. The lowest BCUT2D eigenvalue weighted by atomic mass is 10.2. The van der Waals surface area contributed by atoms with E-state index in [0.717, 1.165) is 12.8 Å². The number of rotatable bonds is 6. The molecular formula is C22H21N5O3. The number of hydrogen-bond donors (Lipinski definition) is 3. The molecule has 2 heterocycles. The average Bonchev–Trinajstić information content (AvgIpc) is 3.03. The maximum atomic E-state index is 12.9. The Kier molecular flexibility index (Phi) is 5.05. The molecular weight excluding hydrogens is 382 g/mol. The van der Waals surface area contributed by atoms with Crippen LogP contribution in [0.15, 0.2) is 48.5 Å². The SMILES string of the molecule is CCCCNC(=O)c1c(N)n(-c2ccc(C(=O)O)cc2)c2nc3ccccc3nc12. The monoisotopic (exact) mass is 403 g/mol. The maximum Gasteiger partial charge on any atom is 0.335 e. The molecule has 0 aliphatic carbocycles. The van der Waals surface area contributed by atoms with Crippen molar-refractivity contribution in [2.24, 2.45) is 0 Å². The van der Waals surface area contributed by atoms with Crippen molar-refractivity contribution in [3.8, 4) is 5.69 Å². The van der Waals surface area contributed by atoms with E-state index in [1.807, 2.05) is 31.2 Å². The van der Waals surface area contributed by atoms with Crippen LogP contribution in [0.5, 0.6) is 0 Å². The second-order valence-corrected chi connectivity index (χ2v) is 6.94. The number of carbonyl (C=O) groups excluding carboxylic acids is 1. The van der Waals surface area contributed by atoms with Crippen molar-refractivity contribution in [3.63, 3.8) is 0 Å². The molecule has 8 heteroatoms. The van der Waals surface area contributed by atoms with Crippen molar-refractivity contribution in [3.05, 3.63) is 59.7 Å². The second kappa shape index (κ2) is 7.82. The van der Waals surface area contributed by atoms with Crippen LogP contribution in [-0.4, -0.2) is 38.1 Å². The molecule has 0 saturated heterocycles. The topological polar surface area (TPSA) is 123 Å². The number of benzene rings is 2. The number of nitrogen functional groups attached to an aromatic ring is 1. The molecule has 4 rings (SSSR count). The number of nitrogens with two attached hydrogens (primary N) is 1. The summed E-state index contributed by atoms with van der Waals surface area (Å²) in [5.74, 6) is -1.12. The number of carboxylic acids is 1. The first-order valence-electron chi connectivity index (χ1n) is 9.70. The van der Waals surface area contributed by atoms with Crippen LogP contribution in [-0.2, 0) is 0 Å². The van der Waals surface area contributed by atoms with Crippen LogP contribution >= 0.6 is 0 Å². The van der Waals surface area contributed by atoms with Crippen molar-refractivity contribution >= 4 is 39.9 Å². The smallest absolute Gasteiger partial charge is 0.335 e. The van der Waals surface area contributed by atoms with Crippen molar-refractivity contribution in [1.29, 1.82) is 0 Å². The van der Waals surface area contributed by atoms with Gasteiger partial charge in [-0.05, 0) is 42.8 Å². The van der Waals surface area contributed by atoms with E-state index in [9.17, 15) is 9.59 Å². The quantitative estimate of drug-likeness (QED) is 0.424. The fourth-order valence-electron chi connectivity index (χ4n) is 3.37. The Balaban J connectivity index is 1.94. The Morgan fingerprint density at radius 2 is 1.73 bits per heavy atom. The summed E-state index contributed by atoms with van der Waals surface area (Å²) in [6.07, 6.45) is 1.81. The van der Waals surface area contributed by atoms with E-state index in [0.29, 0.717) is 34.4 Å². The average molecular weight is 403 g/mol. The molecule has 1 amide bonds. The van der Waals surface area contributed by atoms with Crippen molar-refractivity contribution in [2.45, 2.75) is 19.8 Å². The zero-order valence-corrected chi connectivity index (χ0v) is 16.4. The molecule has 4 aromatic rings. The van der Waals surface area contributed by atoms with E-state index in [2.05, 4.69) is 10.3 Å². The Morgan fingerprint density at radius 3 is 2.37 bits per heavy atom. The lowest BCUT2D eigenvalue weighted by Crippen LogP contribution is -2.25. The number of nitrogens with zero attached hydrogens (tertiary/aromatic N) is 3. The molecule has 0 bridgehead atoms. The van der Waals surface area contributed by atoms with Gasteiger partial charge >= 0.3 is 5.97 Å². The highest BCUT2D eigenvalue weighted by Crippen LogP contribution is 2.31. The lowest BCUT2D eigenvalue weighted by Gasteiger charge is -2.08. The van der Waals surface area contributed by atoms with E-state index >= 15 is 0 Å². The summed E-state index contributed by atoms with van der Waals surface area (Å²) in [4.78, 5) is 33.5. The summed E-state index contributed by atoms with van der Waals surface area (Å²) in [5.41, 5.74) is 9.61. The summed E-state index contributed by atoms with van der Waals surface area (Å²) >= 11 is 0. The van der Waals surface area contributed by atoms with E-state index in [1.54, 1.807) is 16.7 Å². The molecule has 0 aliphatic rings. The van der Waals surface area contributed by atoms with Gasteiger partial charge in [-0.2, -0.15) is 0 Å². The molecule has 0 saturated carbocycles. The van der Waals surface area contributed by atoms with Gasteiger partial charge in [-0.1, -0.05) is 25.5 Å². The number of hydrogen-bond acceptors (Lipinski definition) is 5. The third-order valence-corrected chi connectivity index (χ3v) is 4.91. The largest absolute Gasteiger partial charge is 0.478 e. The van der Waals surface area contributed by atoms with Gasteiger partial charge in [-0.25, -0.2) is 14.8 Å². The zero-order chi connectivity index (χ0) is 21.3. The summed E-state index contributed by atoms with van der Waals surface area (Å²) < 4.78 is 1.63. The molecule has 8 nitrogen and oxygen atoms in total. The third kappa shape index (κ3) is 3.32. The van der Waals surface area contributed by atoms with Gasteiger partial charge < -0.3 is 16.2 Å². The van der Waals surface area contributed by atoms with Gasteiger partial charge in [-0.3, -0.25) is 9.36 Å². The fourth-order valence-corrected chi connectivity index (χ4v) is 3.37. The van der Waals surface area contributed by atoms with Crippen molar-refractivity contribution < 1.29 is 14.7 Å². The van der Waals surface area contributed by atoms with E-state index in [-0.39, 0.29) is 22.9 Å². The van der Waals surface area contributed by atoms with Crippen molar-refractivity contribution in [2.75, 3.05) is 12.3 Å². The highest BCUT2D eigenvalue weighted by atomic mass is 16.4. The minimum Gasteiger partial charge on any atom is -0.478 e. The molecule has 0 spiro atoms. The normalized spacial score (nSPS) is 11.1. The summed E-state index contributed by atoms with van der Waals surface area (Å²) in [5, 5.41) is 12.1. The van der Waals surface area contributed by atoms with Gasteiger partial charge in [-0.15, -0.1) is 0 Å². The molecule has 0 unspecified atom stereocenters. The van der Waals surface area contributed by atoms with Crippen LogP contribution in [0.1, 0.15) is 40.5 Å². The number of amides is 1. The van der Waals surface area contributed by atoms with Gasteiger partial charge in [0.15, 0.2) is 5.65 Å². The minimum atomic E-state index is -1.02. The number of aromatic carboxylic acids is 1. The number of carbonyl (C=O) groups is 2. The van der Waals surface area contributed by atoms with Gasteiger partial charge in [0.2, 0.25) is 0 Å². The van der Waals surface area contributed by atoms with Gasteiger partial charge in [0, 0.05) is 12.2 Å². The Bertz CT molecular complexity index is 1260. The number of fused-ring (bicyclic) bond motifs is 2. The minimum absolute atomic E-state index is 0.155. The van der Waals surface area contributed by atoms with Crippen LogP contribution in [0.2, 0.25) is 0 Å². The van der Waals surface area contributed by atoms with E-state index in [4.69, 9.17) is 15.8 Å². The lowest BCUT2D eigenvalue weighted by molar-refractivity contribution is 0.0696. The predicted molar refractivity (Wildman–Crippen MR) is 115 cm³/mol. The second-order valence-electron chi connectivity index (χ2n) is 6.94. The summed E-state index contributed by atoms with van der Waals surface area (Å²) in [6.45, 7) is 2.58. The molecule has 0 fully saturated rings. The standard InChI is InChI=1S/C22H21N5O3/c1-2-3-12-24-21(28)17-18-20(26-16-7-5-4-6-15(16)25-18)27(19(17)23)14-10-8-13(9-11-14)22(29)30/h4-11H,2-3,12,23H2,1H3,(H,24,28)(H,29,30). The Morgan fingerprint density at radius 1 is 1.07 bits per heavy atom. The van der Waals surface area contributed by atoms with Gasteiger partial charge in [0.05, 0.1) is 16.6 Å².